The molecule has 26 heavy (non-hydrogen) atoms. The largest absolute Gasteiger partial charge is 0.481 e. The third-order valence-electron chi connectivity index (χ3n) is 4.49. The summed E-state index contributed by atoms with van der Waals surface area (Å²) in [6.45, 7) is 4.43. The van der Waals surface area contributed by atoms with Crippen LogP contribution in [0.1, 0.15) is 129 Å². The summed E-state index contributed by atoms with van der Waals surface area (Å²) in [5, 5.41) is 16.8. The topological polar surface area (TPSA) is 74.6 Å². The average molecular weight is 373 g/mol. The molecular weight excluding hydrogens is 328 g/mol. The molecule has 0 aliphatic heterocycles. The van der Waals surface area contributed by atoms with Crippen LogP contribution in [0.25, 0.3) is 0 Å². The fourth-order valence-corrected chi connectivity index (χ4v) is 2.82. The van der Waals surface area contributed by atoms with Crippen LogP contribution in [0.4, 0.5) is 0 Å². The second-order valence-electron chi connectivity index (χ2n) is 7.24. The van der Waals surface area contributed by atoms with Crippen LogP contribution in [0.15, 0.2) is 0 Å². The van der Waals surface area contributed by atoms with Crippen molar-refractivity contribution in [2.24, 2.45) is 0 Å². The van der Waals surface area contributed by atoms with E-state index in [1.807, 2.05) is 0 Å². The summed E-state index contributed by atoms with van der Waals surface area (Å²) >= 11 is 0. The molecule has 0 amide bonds. The molecule has 0 aliphatic carbocycles. The van der Waals surface area contributed by atoms with Crippen molar-refractivity contribution < 1.29 is 19.8 Å². The maximum Gasteiger partial charge on any atom is 0.303 e. The highest BCUT2D eigenvalue weighted by Gasteiger charge is 1.97. The molecule has 0 saturated heterocycles. The molecule has 0 unspecified atom stereocenters. The smallest absolute Gasteiger partial charge is 0.303 e. The molecule has 2 N–H and O–H groups in total. The minimum absolute atomic E-state index is 0.341. The fourth-order valence-electron chi connectivity index (χ4n) is 2.82. The van der Waals surface area contributed by atoms with Gasteiger partial charge < -0.3 is 10.2 Å². The maximum atomic E-state index is 10.2. The minimum atomic E-state index is -0.663. The van der Waals surface area contributed by atoms with Crippen molar-refractivity contribution in [3.05, 3.63) is 0 Å². The highest BCUT2D eigenvalue weighted by atomic mass is 16.4. The van der Waals surface area contributed by atoms with Crippen LogP contribution in [0.3, 0.4) is 0 Å². The first kappa shape index (κ1) is 27.2. The van der Waals surface area contributed by atoms with Gasteiger partial charge in [-0.25, -0.2) is 0 Å². The number of carboxylic acid groups (broad SMARTS) is 2. The lowest BCUT2D eigenvalue weighted by atomic mass is 10.1. The van der Waals surface area contributed by atoms with Crippen molar-refractivity contribution in [2.45, 2.75) is 129 Å². The van der Waals surface area contributed by atoms with Gasteiger partial charge in [0.15, 0.2) is 0 Å². The van der Waals surface area contributed by atoms with Crippen LogP contribution in [-0.2, 0) is 9.59 Å². The van der Waals surface area contributed by atoms with Gasteiger partial charge in [0.05, 0.1) is 0 Å². The first-order valence-corrected chi connectivity index (χ1v) is 11.0. The lowest BCUT2D eigenvalue weighted by molar-refractivity contribution is -0.138. The number of rotatable bonds is 18. The molecule has 0 aliphatic rings. The number of unbranched alkanes of at least 4 members (excludes halogenated alkanes) is 14. The van der Waals surface area contributed by atoms with E-state index in [4.69, 9.17) is 10.2 Å². The SMILES string of the molecule is CCCCCCCCCC(=O)O.CCCCCCCCCCCC(=O)O. The second kappa shape index (κ2) is 23.9. The van der Waals surface area contributed by atoms with Gasteiger partial charge in [0.2, 0.25) is 0 Å². The predicted molar refractivity (Wildman–Crippen MR) is 110 cm³/mol. The molecule has 4 heteroatoms. The molecule has 0 aromatic heterocycles. The minimum Gasteiger partial charge on any atom is -0.481 e. The van der Waals surface area contributed by atoms with Gasteiger partial charge in [-0.2, -0.15) is 0 Å². The quantitative estimate of drug-likeness (QED) is 0.249. The van der Waals surface area contributed by atoms with Crippen LogP contribution >= 0.6 is 0 Å². The molecule has 0 radical (unpaired) electrons. The Morgan fingerprint density at radius 2 is 0.692 bits per heavy atom. The Bertz CT molecular complexity index is 303. The zero-order valence-electron chi connectivity index (χ0n) is 17.4. The molecule has 0 bridgehead atoms. The first-order chi connectivity index (χ1) is 12.5. The lowest BCUT2D eigenvalue weighted by Crippen LogP contribution is -1.93. The zero-order chi connectivity index (χ0) is 19.9. The van der Waals surface area contributed by atoms with Crippen molar-refractivity contribution in [2.75, 3.05) is 0 Å². The van der Waals surface area contributed by atoms with Gasteiger partial charge in [0.25, 0.3) is 0 Å². The van der Waals surface area contributed by atoms with Crippen LogP contribution in [0.5, 0.6) is 0 Å². The van der Waals surface area contributed by atoms with E-state index in [1.54, 1.807) is 0 Å². The van der Waals surface area contributed by atoms with Gasteiger partial charge in [-0.15, -0.1) is 0 Å². The molecule has 0 rings (SSSR count). The summed E-state index contributed by atoms with van der Waals surface area (Å²) in [6, 6.07) is 0. The molecule has 0 heterocycles. The summed E-state index contributed by atoms with van der Waals surface area (Å²) in [5.41, 5.74) is 0. The van der Waals surface area contributed by atoms with E-state index in [0.29, 0.717) is 12.8 Å². The Hall–Kier alpha value is -1.06. The summed E-state index contributed by atoms with van der Waals surface area (Å²) in [6.07, 6.45) is 20.1. The molecule has 0 saturated carbocycles. The van der Waals surface area contributed by atoms with Crippen molar-refractivity contribution in [3.63, 3.8) is 0 Å². The second-order valence-corrected chi connectivity index (χ2v) is 7.24. The summed E-state index contributed by atoms with van der Waals surface area (Å²) in [4.78, 5) is 20.3. The number of carboxylic acids is 2. The van der Waals surface area contributed by atoms with Gasteiger partial charge in [0.1, 0.15) is 0 Å². The van der Waals surface area contributed by atoms with Crippen molar-refractivity contribution in [1.29, 1.82) is 0 Å². The Kier molecular flexibility index (Phi) is 25.0. The van der Waals surface area contributed by atoms with Crippen LogP contribution < -0.4 is 0 Å². The normalized spacial score (nSPS) is 10.2. The van der Waals surface area contributed by atoms with Gasteiger partial charge >= 0.3 is 11.9 Å². The van der Waals surface area contributed by atoms with Crippen molar-refractivity contribution >= 4 is 11.9 Å². The van der Waals surface area contributed by atoms with E-state index in [0.717, 1.165) is 25.7 Å². The van der Waals surface area contributed by atoms with E-state index in [1.165, 1.54) is 77.0 Å². The standard InChI is InChI=1S/C12H24O2.C10H20O2/c1-2-3-4-5-6-7-8-9-10-11-12(13)14;1-2-3-4-5-6-7-8-9-10(11)12/h2-11H2,1H3,(H,13,14);2-9H2,1H3,(H,11,12). The predicted octanol–water partition coefficient (Wildman–Crippen LogP) is 7.20. The van der Waals surface area contributed by atoms with E-state index in [9.17, 15) is 9.59 Å². The molecule has 0 atom stereocenters. The van der Waals surface area contributed by atoms with Gasteiger partial charge in [-0.3, -0.25) is 9.59 Å². The van der Waals surface area contributed by atoms with E-state index < -0.39 is 11.9 Å². The first-order valence-electron chi connectivity index (χ1n) is 11.0. The van der Waals surface area contributed by atoms with E-state index in [-0.39, 0.29) is 0 Å². The summed E-state index contributed by atoms with van der Waals surface area (Å²) < 4.78 is 0. The summed E-state index contributed by atoms with van der Waals surface area (Å²) in [7, 11) is 0. The Balaban J connectivity index is 0. The Morgan fingerprint density at radius 3 is 0.923 bits per heavy atom. The molecule has 0 fully saturated rings. The average Bonchev–Trinajstić information content (AvgIpc) is 2.59. The molecule has 156 valence electrons. The molecule has 0 aromatic rings. The van der Waals surface area contributed by atoms with Crippen LogP contribution in [0.2, 0.25) is 0 Å². The number of aliphatic carboxylic acids is 2. The monoisotopic (exact) mass is 372 g/mol. The third-order valence-corrected chi connectivity index (χ3v) is 4.49. The Morgan fingerprint density at radius 1 is 0.462 bits per heavy atom. The number of carbonyl (C=O) groups is 2. The van der Waals surface area contributed by atoms with Crippen LogP contribution in [-0.4, -0.2) is 22.2 Å². The Labute approximate surface area is 161 Å². The molecule has 0 spiro atoms. The molecular formula is C22H44O4. The summed E-state index contributed by atoms with van der Waals surface area (Å²) in [5.74, 6) is -1.32. The zero-order valence-corrected chi connectivity index (χ0v) is 17.4. The van der Waals surface area contributed by atoms with Crippen molar-refractivity contribution in [3.8, 4) is 0 Å². The number of hydrogen-bond donors (Lipinski definition) is 2. The van der Waals surface area contributed by atoms with E-state index in [2.05, 4.69) is 13.8 Å². The van der Waals surface area contributed by atoms with Gasteiger partial charge in [-0.05, 0) is 12.8 Å². The molecule has 0 aromatic carbocycles. The van der Waals surface area contributed by atoms with Gasteiger partial charge in [-0.1, -0.05) is 104 Å². The molecule has 4 nitrogen and oxygen atoms in total. The maximum absolute atomic E-state index is 10.2. The number of hydrogen-bond acceptors (Lipinski definition) is 2. The van der Waals surface area contributed by atoms with E-state index >= 15 is 0 Å². The van der Waals surface area contributed by atoms with Crippen LogP contribution in [0, 0.1) is 0 Å². The highest BCUT2D eigenvalue weighted by Crippen LogP contribution is 2.10. The lowest BCUT2D eigenvalue weighted by Gasteiger charge is -2.00. The highest BCUT2D eigenvalue weighted by molar-refractivity contribution is 5.66. The van der Waals surface area contributed by atoms with Gasteiger partial charge in [0, 0.05) is 12.8 Å². The fraction of sp³-hybridized carbons (Fsp3) is 0.909. The van der Waals surface area contributed by atoms with Crippen molar-refractivity contribution in [1.82, 2.24) is 0 Å². The third kappa shape index (κ3) is 30.8.